The smallest absolute Gasteiger partial charge is 0.151 e. The predicted octanol–water partition coefficient (Wildman–Crippen LogP) is 13.6. The number of allylic oxidation sites excluding steroid dienone is 3. The molecule has 0 amide bonds. The van der Waals surface area contributed by atoms with Gasteiger partial charge < -0.3 is 19.3 Å². The number of hydrogen-bond donors (Lipinski definition) is 0. The van der Waals surface area contributed by atoms with Crippen molar-refractivity contribution in [1.29, 1.82) is 0 Å². The van der Waals surface area contributed by atoms with Crippen molar-refractivity contribution in [2.24, 2.45) is 5.92 Å². The maximum Gasteiger partial charge on any atom is 0.151 e. The Morgan fingerprint density at radius 2 is 1.09 bits per heavy atom. The molecular formula is C50H42N2O2. The summed E-state index contributed by atoms with van der Waals surface area (Å²) in [4.78, 5) is 4.76. The maximum absolute atomic E-state index is 6.39. The van der Waals surface area contributed by atoms with Crippen LogP contribution in [0.15, 0.2) is 139 Å². The van der Waals surface area contributed by atoms with Crippen molar-refractivity contribution in [3.8, 4) is 34.1 Å². The van der Waals surface area contributed by atoms with Gasteiger partial charge in [0.15, 0.2) is 23.0 Å². The van der Waals surface area contributed by atoms with E-state index in [4.69, 9.17) is 9.47 Å². The van der Waals surface area contributed by atoms with Gasteiger partial charge in [-0.15, -0.1) is 0 Å². The first-order chi connectivity index (χ1) is 26.1. The first kappa shape index (κ1) is 31.5. The highest BCUT2D eigenvalue weighted by Crippen LogP contribution is 2.64. The average molecular weight is 703 g/mol. The zero-order valence-corrected chi connectivity index (χ0v) is 31.6. The zero-order chi connectivity index (χ0) is 36.7. The van der Waals surface area contributed by atoms with Crippen LogP contribution in [0.1, 0.15) is 67.0 Å². The van der Waals surface area contributed by atoms with Crippen LogP contribution in [-0.4, -0.2) is 0 Å². The van der Waals surface area contributed by atoms with Crippen LogP contribution in [0, 0.1) is 19.8 Å². The Bertz CT molecular complexity index is 2590. The minimum Gasteiger partial charge on any atom is -0.453 e. The van der Waals surface area contributed by atoms with Crippen molar-refractivity contribution in [1.82, 2.24) is 0 Å². The summed E-state index contributed by atoms with van der Waals surface area (Å²) in [7, 11) is 0. The molecule has 0 bridgehead atoms. The van der Waals surface area contributed by atoms with E-state index in [1.54, 1.807) is 0 Å². The van der Waals surface area contributed by atoms with Crippen LogP contribution in [-0.2, 0) is 10.8 Å². The van der Waals surface area contributed by atoms with Crippen LogP contribution in [0.3, 0.4) is 0 Å². The van der Waals surface area contributed by atoms with E-state index in [1.807, 2.05) is 12.1 Å². The Balaban J connectivity index is 1.06. The molecule has 2 atom stereocenters. The molecule has 0 radical (unpaired) electrons. The summed E-state index contributed by atoms with van der Waals surface area (Å²) in [6, 6.07) is 40.7. The molecule has 4 heteroatoms. The van der Waals surface area contributed by atoms with Crippen molar-refractivity contribution in [2.75, 3.05) is 9.80 Å². The minimum atomic E-state index is -0.211. The van der Waals surface area contributed by atoms with E-state index < -0.39 is 0 Å². The maximum atomic E-state index is 6.39. The van der Waals surface area contributed by atoms with Gasteiger partial charge in [-0.05, 0) is 136 Å². The van der Waals surface area contributed by atoms with Crippen LogP contribution >= 0.6 is 0 Å². The summed E-state index contributed by atoms with van der Waals surface area (Å²) in [6.45, 7) is 14.6. The Labute approximate surface area is 317 Å². The molecule has 6 aromatic carbocycles. The minimum absolute atomic E-state index is 0.117. The topological polar surface area (TPSA) is 24.9 Å². The molecule has 2 aliphatic heterocycles. The molecule has 2 heterocycles. The standard InChI is InChI=1S/C50H42N2O2/c1-29-30(2)46-34-26-24-32(52-39-17-9-13-21-43(39)54-44-22-14-10-18-40(44)52)28-36(34)50(5,6)48(46)47-45(29)33-25-23-31(27-35(33)49(47,3)4)51-37-15-7-11-19-41(37)53-42-20-12-8-16-38(42)51/h7-28,33,35H,1-6H3. The Morgan fingerprint density at radius 1 is 0.574 bits per heavy atom. The molecule has 54 heavy (non-hydrogen) atoms. The van der Waals surface area contributed by atoms with Crippen LogP contribution in [0.4, 0.5) is 28.4 Å². The van der Waals surface area contributed by atoms with Crippen LogP contribution in [0.25, 0.3) is 11.1 Å². The lowest BCUT2D eigenvalue weighted by molar-refractivity contribution is 0.387. The summed E-state index contributed by atoms with van der Waals surface area (Å²) in [6.07, 6.45) is 7.41. The first-order valence-electron chi connectivity index (χ1n) is 19.2. The molecule has 4 nitrogen and oxygen atoms in total. The van der Waals surface area contributed by atoms with Gasteiger partial charge in [-0.1, -0.05) is 94.4 Å². The van der Waals surface area contributed by atoms with Crippen molar-refractivity contribution >= 4 is 28.4 Å². The van der Waals surface area contributed by atoms with E-state index in [1.165, 1.54) is 50.2 Å². The molecule has 2 unspecified atom stereocenters. The van der Waals surface area contributed by atoms with Crippen molar-refractivity contribution in [2.45, 2.75) is 58.3 Å². The fourth-order valence-corrected chi connectivity index (χ4v) is 10.5. The third-order valence-corrected chi connectivity index (χ3v) is 13.1. The molecule has 3 aliphatic carbocycles. The number of anilines is 5. The van der Waals surface area contributed by atoms with Gasteiger partial charge in [0.1, 0.15) is 0 Å². The second kappa shape index (κ2) is 10.8. The van der Waals surface area contributed by atoms with E-state index in [2.05, 4.69) is 173 Å². The second-order valence-electron chi connectivity index (χ2n) is 16.6. The molecule has 0 aromatic heterocycles. The third-order valence-electron chi connectivity index (χ3n) is 13.1. The highest BCUT2D eigenvalue weighted by molar-refractivity contribution is 5.92. The van der Waals surface area contributed by atoms with Crippen LogP contribution in [0.2, 0.25) is 0 Å². The summed E-state index contributed by atoms with van der Waals surface area (Å²) in [5, 5.41) is 0. The lowest BCUT2D eigenvalue weighted by atomic mass is 9.69. The molecule has 264 valence electrons. The monoisotopic (exact) mass is 702 g/mol. The fourth-order valence-electron chi connectivity index (χ4n) is 10.5. The van der Waals surface area contributed by atoms with Gasteiger partial charge in [-0.25, -0.2) is 0 Å². The normalized spacial score (nSPS) is 19.9. The van der Waals surface area contributed by atoms with Crippen molar-refractivity contribution in [3.05, 3.63) is 173 Å². The Morgan fingerprint density at radius 3 is 1.65 bits per heavy atom. The number of nitrogens with zero attached hydrogens (tertiary/aromatic N) is 2. The van der Waals surface area contributed by atoms with Gasteiger partial charge in [0.2, 0.25) is 0 Å². The number of rotatable bonds is 2. The SMILES string of the molecule is Cc1c(C)c2c(c3c1-c1ccc(N4c5ccccc5Oc5ccccc54)cc1C3(C)C)C(C)(C)C1C=C(N3c4ccccc4Oc4ccccc43)C=CC21. The van der Waals surface area contributed by atoms with Gasteiger partial charge >= 0.3 is 0 Å². The van der Waals surface area contributed by atoms with E-state index in [0.717, 1.165) is 51.4 Å². The highest BCUT2D eigenvalue weighted by Gasteiger charge is 2.53. The van der Waals surface area contributed by atoms with E-state index in [-0.39, 0.29) is 16.7 Å². The molecule has 0 saturated carbocycles. The second-order valence-corrected chi connectivity index (χ2v) is 16.6. The lowest BCUT2D eigenvalue weighted by Crippen LogP contribution is -2.30. The van der Waals surface area contributed by atoms with E-state index in [9.17, 15) is 0 Å². The average Bonchev–Trinajstić information content (AvgIpc) is 3.56. The fraction of sp³-hybridized carbons (Fsp3) is 0.200. The van der Waals surface area contributed by atoms with Gasteiger partial charge in [-0.2, -0.15) is 0 Å². The van der Waals surface area contributed by atoms with Crippen molar-refractivity contribution in [3.63, 3.8) is 0 Å². The number of ether oxygens (including phenoxy) is 2. The highest BCUT2D eigenvalue weighted by atomic mass is 16.5. The molecular weight excluding hydrogens is 661 g/mol. The molecule has 0 N–H and O–H groups in total. The molecule has 11 rings (SSSR count). The summed E-state index contributed by atoms with van der Waals surface area (Å²) < 4.78 is 12.8. The van der Waals surface area contributed by atoms with Gasteiger partial charge in [-0.3, -0.25) is 0 Å². The number of para-hydroxylation sites is 8. The van der Waals surface area contributed by atoms with Crippen LogP contribution in [0.5, 0.6) is 23.0 Å². The lowest BCUT2D eigenvalue weighted by Gasteiger charge is -2.38. The number of fused-ring (bicyclic) bond motifs is 11. The van der Waals surface area contributed by atoms with Gasteiger partial charge in [0, 0.05) is 22.7 Å². The number of benzene rings is 6. The summed E-state index contributed by atoms with van der Waals surface area (Å²) in [5.74, 6) is 4.10. The van der Waals surface area contributed by atoms with Gasteiger partial charge in [0.05, 0.1) is 22.7 Å². The predicted molar refractivity (Wildman–Crippen MR) is 220 cm³/mol. The third kappa shape index (κ3) is 4.03. The molecule has 0 spiro atoms. The molecule has 0 saturated heterocycles. The molecule has 5 aliphatic rings. The van der Waals surface area contributed by atoms with Gasteiger partial charge in [0.25, 0.3) is 0 Å². The number of hydrogen-bond acceptors (Lipinski definition) is 4. The molecule has 6 aromatic rings. The quantitative estimate of drug-likeness (QED) is 0.179. The Kier molecular flexibility index (Phi) is 6.30. The van der Waals surface area contributed by atoms with E-state index >= 15 is 0 Å². The summed E-state index contributed by atoms with van der Waals surface area (Å²) >= 11 is 0. The summed E-state index contributed by atoms with van der Waals surface area (Å²) in [5.41, 5.74) is 17.8. The Hall–Kier alpha value is -6.00. The zero-order valence-electron chi connectivity index (χ0n) is 31.6. The largest absolute Gasteiger partial charge is 0.453 e. The van der Waals surface area contributed by atoms with Crippen LogP contribution < -0.4 is 19.3 Å². The van der Waals surface area contributed by atoms with Crippen molar-refractivity contribution < 1.29 is 9.47 Å². The van der Waals surface area contributed by atoms with E-state index in [0.29, 0.717) is 5.92 Å². The molecule has 0 fully saturated rings. The first-order valence-corrected chi connectivity index (χ1v) is 19.2.